The minimum Gasteiger partial charge on any atom is -0.361 e. The van der Waals surface area contributed by atoms with Crippen LogP contribution in [0.2, 0.25) is 0 Å². The van der Waals surface area contributed by atoms with Crippen LogP contribution in [0, 0.1) is 12.7 Å². The highest BCUT2D eigenvalue weighted by atomic mass is 19.1. The normalized spacial score (nSPS) is 14.2. The highest BCUT2D eigenvalue weighted by Crippen LogP contribution is 2.22. The molecule has 0 N–H and O–H groups in total. The summed E-state index contributed by atoms with van der Waals surface area (Å²) in [7, 11) is 0. The van der Waals surface area contributed by atoms with Crippen molar-refractivity contribution in [3.63, 3.8) is 0 Å². The summed E-state index contributed by atoms with van der Waals surface area (Å²) in [5, 5.41) is 3.76. The molecule has 0 saturated carbocycles. The van der Waals surface area contributed by atoms with E-state index in [0.29, 0.717) is 30.8 Å². The summed E-state index contributed by atoms with van der Waals surface area (Å²) < 4.78 is 18.8. The highest BCUT2D eigenvalue weighted by molar-refractivity contribution is 5.78. The number of amides is 1. The van der Waals surface area contributed by atoms with Crippen LogP contribution in [0.15, 0.2) is 28.8 Å². The fourth-order valence-corrected chi connectivity index (χ4v) is 2.51. The Morgan fingerprint density at radius 2 is 2.35 bits per heavy atom. The third kappa shape index (κ3) is 2.43. The minimum absolute atomic E-state index is 0.0601. The predicted molar refractivity (Wildman–Crippen MR) is 70.5 cm³/mol. The van der Waals surface area contributed by atoms with Gasteiger partial charge in [0.15, 0.2) is 0 Å². The van der Waals surface area contributed by atoms with Gasteiger partial charge < -0.3 is 9.42 Å². The Morgan fingerprint density at radius 1 is 1.50 bits per heavy atom. The third-order valence-electron chi connectivity index (χ3n) is 3.57. The molecular formula is C15H15FN2O2. The molecule has 1 aromatic carbocycles. The number of rotatable bonds is 2. The van der Waals surface area contributed by atoms with Crippen molar-refractivity contribution in [1.29, 1.82) is 0 Å². The van der Waals surface area contributed by atoms with E-state index in [-0.39, 0.29) is 18.1 Å². The van der Waals surface area contributed by atoms with Crippen molar-refractivity contribution in [3.05, 3.63) is 52.7 Å². The standard InChI is InChI=1S/C15H15FN2O2/c1-10-7-12(20-17-10)8-15(19)18-6-5-11-3-2-4-14(16)13(11)9-18/h2-4,7H,5-6,8-9H2,1H3. The molecule has 0 radical (unpaired) electrons. The van der Waals surface area contributed by atoms with E-state index in [1.54, 1.807) is 17.0 Å². The van der Waals surface area contributed by atoms with Crippen molar-refractivity contribution in [2.45, 2.75) is 26.3 Å². The topological polar surface area (TPSA) is 46.3 Å². The van der Waals surface area contributed by atoms with Crippen molar-refractivity contribution in [2.75, 3.05) is 6.54 Å². The molecule has 0 unspecified atom stereocenters. The van der Waals surface area contributed by atoms with Gasteiger partial charge in [-0.2, -0.15) is 0 Å². The van der Waals surface area contributed by atoms with Crippen LogP contribution >= 0.6 is 0 Å². The minimum atomic E-state index is -0.240. The van der Waals surface area contributed by atoms with E-state index in [2.05, 4.69) is 5.16 Å². The maximum absolute atomic E-state index is 13.8. The molecule has 2 aromatic rings. The zero-order valence-electron chi connectivity index (χ0n) is 11.2. The Kier molecular flexibility index (Phi) is 3.26. The van der Waals surface area contributed by atoms with Crippen molar-refractivity contribution >= 4 is 5.91 Å². The van der Waals surface area contributed by atoms with Crippen molar-refractivity contribution in [2.24, 2.45) is 0 Å². The number of hydrogen-bond acceptors (Lipinski definition) is 3. The zero-order chi connectivity index (χ0) is 14.1. The SMILES string of the molecule is Cc1cc(CC(=O)N2CCc3cccc(F)c3C2)on1. The maximum atomic E-state index is 13.8. The van der Waals surface area contributed by atoms with Gasteiger partial charge in [0, 0.05) is 24.7 Å². The zero-order valence-corrected chi connectivity index (χ0v) is 11.2. The van der Waals surface area contributed by atoms with E-state index < -0.39 is 0 Å². The van der Waals surface area contributed by atoms with Gasteiger partial charge in [0.25, 0.3) is 0 Å². The van der Waals surface area contributed by atoms with Crippen molar-refractivity contribution in [3.8, 4) is 0 Å². The second-order valence-corrected chi connectivity index (χ2v) is 5.05. The lowest BCUT2D eigenvalue weighted by atomic mass is 9.99. The van der Waals surface area contributed by atoms with Gasteiger partial charge in [0.2, 0.25) is 5.91 Å². The second-order valence-electron chi connectivity index (χ2n) is 5.05. The maximum Gasteiger partial charge on any atom is 0.230 e. The number of halogens is 1. The third-order valence-corrected chi connectivity index (χ3v) is 3.57. The van der Waals surface area contributed by atoms with Crippen LogP contribution in [0.25, 0.3) is 0 Å². The highest BCUT2D eigenvalue weighted by Gasteiger charge is 2.23. The van der Waals surface area contributed by atoms with Crippen LogP contribution in [0.1, 0.15) is 22.6 Å². The molecular weight excluding hydrogens is 259 g/mol. The van der Waals surface area contributed by atoms with Gasteiger partial charge in [-0.25, -0.2) is 4.39 Å². The Morgan fingerprint density at radius 3 is 3.10 bits per heavy atom. The Hall–Kier alpha value is -2.17. The lowest BCUT2D eigenvalue weighted by molar-refractivity contribution is -0.131. The first-order valence-corrected chi connectivity index (χ1v) is 6.60. The van der Waals surface area contributed by atoms with Crippen molar-refractivity contribution < 1.29 is 13.7 Å². The van der Waals surface area contributed by atoms with E-state index in [1.807, 2.05) is 13.0 Å². The first kappa shape index (κ1) is 12.8. The number of benzene rings is 1. The molecule has 0 bridgehead atoms. The molecule has 1 aliphatic rings. The smallest absolute Gasteiger partial charge is 0.230 e. The molecule has 1 amide bonds. The van der Waals surface area contributed by atoms with E-state index in [0.717, 1.165) is 11.3 Å². The molecule has 0 aliphatic carbocycles. The summed E-state index contributed by atoms with van der Waals surface area (Å²) in [6, 6.07) is 6.81. The van der Waals surface area contributed by atoms with Gasteiger partial charge in [0.1, 0.15) is 11.6 Å². The van der Waals surface area contributed by atoms with Crippen LogP contribution < -0.4 is 0 Å². The molecule has 2 heterocycles. The molecule has 0 atom stereocenters. The number of hydrogen-bond donors (Lipinski definition) is 0. The molecule has 0 saturated heterocycles. The summed E-state index contributed by atoms with van der Waals surface area (Å²) in [5.74, 6) is 0.248. The van der Waals surface area contributed by atoms with Crippen LogP contribution in [0.3, 0.4) is 0 Å². The summed E-state index contributed by atoms with van der Waals surface area (Å²) in [5.41, 5.74) is 2.37. The largest absolute Gasteiger partial charge is 0.361 e. The first-order chi connectivity index (χ1) is 9.63. The lowest BCUT2D eigenvalue weighted by Crippen LogP contribution is -2.37. The van der Waals surface area contributed by atoms with Crippen LogP contribution in [-0.4, -0.2) is 22.5 Å². The summed E-state index contributed by atoms with van der Waals surface area (Å²) in [4.78, 5) is 13.9. The molecule has 104 valence electrons. The van der Waals surface area contributed by atoms with Crippen molar-refractivity contribution in [1.82, 2.24) is 10.1 Å². The number of fused-ring (bicyclic) bond motifs is 1. The monoisotopic (exact) mass is 274 g/mol. The number of carbonyl (C=O) groups is 1. The molecule has 0 fully saturated rings. The summed E-state index contributed by atoms with van der Waals surface area (Å²) in [6.07, 6.45) is 0.860. The molecule has 5 heteroatoms. The Bertz CT molecular complexity index is 651. The van der Waals surface area contributed by atoms with Gasteiger partial charge in [-0.05, 0) is 25.0 Å². The second kappa shape index (κ2) is 5.07. The number of aromatic nitrogens is 1. The first-order valence-electron chi connectivity index (χ1n) is 6.60. The quantitative estimate of drug-likeness (QED) is 0.843. The number of nitrogens with zero attached hydrogens (tertiary/aromatic N) is 2. The lowest BCUT2D eigenvalue weighted by Gasteiger charge is -2.28. The Labute approximate surface area is 116 Å². The van der Waals surface area contributed by atoms with Gasteiger partial charge in [0.05, 0.1) is 12.1 Å². The average molecular weight is 274 g/mol. The number of carbonyl (C=O) groups excluding carboxylic acids is 1. The molecule has 1 aliphatic heterocycles. The van der Waals surface area contributed by atoms with E-state index in [4.69, 9.17) is 4.52 Å². The molecule has 4 nitrogen and oxygen atoms in total. The van der Waals surface area contributed by atoms with Gasteiger partial charge in [-0.15, -0.1) is 0 Å². The van der Waals surface area contributed by atoms with Gasteiger partial charge in [-0.3, -0.25) is 4.79 Å². The van der Waals surface area contributed by atoms with Crippen LogP contribution in [0.4, 0.5) is 4.39 Å². The van der Waals surface area contributed by atoms with Gasteiger partial charge >= 0.3 is 0 Å². The average Bonchev–Trinajstić information content (AvgIpc) is 2.84. The fourth-order valence-electron chi connectivity index (χ4n) is 2.51. The molecule has 1 aromatic heterocycles. The molecule has 20 heavy (non-hydrogen) atoms. The summed E-state index contributed by atoms with van der Waals surface area (Å²) >= 11 is 0. The molecule has 3 rings (SSSR count). The van der Waals surface area contributed by atoms with Crippen LogP contribution in [0.5, 0.6) is 0 Å². The molecule has 0 spiro atoms. The fraction of sp³-hybridized carbons (Fsp3) is 0.333. The van der Waals surface area contributed by atoms with E-state index in [9.17, 15) is 9.18 Å². The summed E-state index contributed by atoms with van der Waals surface area (Å²) in [6.45, 7) is 2.75. The van der Waals surface area contributed by atoms with E-state index >= 15 is 0 Å². The van der Waals surface area contributed by atoms with Gasteiger partial charge in [-0.1, -0.05) is 17.3 Å². The predicted octanol–water partition coefficient (Wildman–Crippen LogP) is 2.25. The number of aryl methyl sites for hydroxylation is 1. The Balaban J connectivity index is 1.73. The van der Waals surface area contributed by atoms with Crippen LogP contribution in [-0.2, 0) is 24.2 Å². The van der Waals surface area contributed by atoms with E-state index in [1.165, 1.54) is 6.07 Å².